The minimum Gasteiger partial charge on any atom is -0.359 e. The summed E-state index contributed by atoms with van der Waals surface area (Å²) in [6, 6.07) is 10.8. The quantitative estimate of drug-likeness (QED) is 0.590. The third kappa shape index (κ3) is 5.33. The van der Waals surface area contributed by atoms with Crippen LogP contribution in [0, 0.1) is 0 Å². The fourth-order valence-corrected chi connectivity index (χ4v) is 3.14. The van der Waals surface area contributed by atoms with E-state index in [2.05, 4.69) is 56.9 Å². The minimum absolute atomic E-state index is 0.571. The van der Waals surface area contributed by atoms with Gasteiger partial charge in [0.25, 0.3) is 0 Å². The number of nitrogens with one attached hydrogen (secondary N) is 2. The molecule has 0 spiro atoms. The Morgan fingerprint density at radius 3 is 2.46 bits per heavy atom. The van der Waals surface area contributed by atoms with Gasteiger partial charge < -0.3 is 15.2 Å². The number of aryl methyl sites for hydroxylation is 1. The zero-order valence-corrected chi connectivity index (χ0v) is 15.8. The molecule has 1 saturated heterocycles. The summed E-state index contributed by atoms with van der Waals surface area (Å²) in [5.74, 6) is 1.57. The summed E-state index contributed by atoms with van der Waals surface area (Å²) >= 11 is 0. The Kier molecular flexibility index (Phi) is 6.66. The first kappa shape index (κ1) is 18.5. The molecule has 0 aliphatic carbocycles. The van der Waals surface area contributed by atoms with Gasteiger partial charge in [0.05, 0.1) is 12.2 Å². The third-order valence-corrected chi connectivity index (χ3v) is 4.71. The molecule has 0 bridgehead atoms. The number of rotatable bonds is 7. The molecule has 2 N–H and O–H groups in total. The van der Waals surface area contributed by atoms with Crippen LogP contribution in [-0.4, -0.2) is 36.2 Å². The number of aromatic nitrogens is 1. The van der Waals surface area contributed by atoms with Crippen molar-refractivity contribution in [2.24, 2.45) is 4.99 Å². The second kappa shape index (κ2) is 9.38. The summed E-state index contributed by atoms with van der Waals surface area (Å²) in [7, 11) is 1.77. The first-order valence-electron chi connectivity index (χ1n) is 9.46. The van der Waals surface area contributed by atoms with Crippen LogP contribution in [-0.2, 0) is 26.1 Å². The van der Waals surface area contributed by atoms with Gasteiger partial charge in [-0.25, -0.2) is 0 Å². The highest BCUT2D eigenvalue weighted by Crippen LogP contribution is 2.13. The Labute approximate surface area is 155 Å². The molecule has 1 aromatic heterocycles. The Bertz CT molecular complexity index is 701. The van der Waals surface area contributed by atoms with Gasteiger partial charge in [-0.2, -0.15) is 0 Å². The van der Waals surface area contributed by atoms with Crippen LogP contribution < -0.4 is 10.6 Å². The van der Waals surface area contributed by atoms with Gasteiger partial charge in [0, 0.05) is 26.2 Å². The van der Waals surface area contributed by atoms with Crippen LogP contribution in [0.5, 0.6) is 0 Å². The zero-order chi connectivity index (χ0) is 18.2. The highest BCUT2D eigenvalue weighted by molar-refractivity contribution is 5.79. The predicted octanol–water partition coefficient (Wildman–Crippen LogP) is 2.70. The topological polar surface area (TPSA) is 65.7 Å². The molecular weight excluding hydrogens is 326 g/mol. The second-order valence-corrected chi connectivity index (χ2v) is 6.72. The first-order chi connectivity index (χ1) is 12.8. The van der Waals surface area contributed by atoms with Gasteiger partial charge in [-0.1, -0.05) is 36.3 Å². The number of hydrogen-bond donors (Lipinski definition) is 2. The average Bonchev–Trinajstić information content (AvgIpc) is 3.35. The summed E-state index contributed by atoms with van der Waals surface area (Å²) in [6.45, 7) is 6.90. The molecule has 1 fully saturated rings. The lowest BCUT2D eigenvalue weighted by molar-refractivity contribution is 0.331. The van der Waals surface area contributed by atoms with Crippen molar-refractivity contribution in [1.29, 1.82) is 0 Å². The summed E-state index contributed by atoms with van der Waals surface area (Å²) < 4.78 is 5.28. The number of likely N-dealkylation sites (tertiary alicyclic amines) is 1. The van der Waals surface area contributed by atoms with Crippen molar-refractivity contribution in [1.82, 2.24) is 20.7 Å². The number of hydrogen-bond acceptors (Lipinski definition) is 4. The molecule has 0 atom stereocenters. The molecule has 0 amide bonds. The van der Waals surface area contributed by atoms with E-state index in [1.54, 1.807) is 7.05 Å². The van der Waals surface area contributed by atoms with Crippen molar-refractivity contribution in [3.05, 3.63) is 52.9 Å². The first-order valence-corrected chi connectivity index (χ1v) is 9.46. The van der Waals surface area contributed by atoms with E-state index in [1.807, 2.05) is 6.07 Å². The molecule has 1 aliphatic heterocycles. The van der Waals surface area contributed by atoms with Crippen molar-refractivity contribution in [2.75, 3.05) is 20.1 Å². The van der Waals surface area contributed by atoms with E-state index < -0.39 is 0 Å². The Morgan fingerprint density at radius 1 is 1.12 bits per heavy atom. The van der Waals surface area contributed by atoms with Crippen LogP contribution in [0.1, 0.15) is 42.3 Å². The average molecular weight is 355 g/mol. The minimum atomic E-state index is 0.571. The van der Waals surface area contributed by atoms with Gasteiger partial charge in [-0.15, -0.1) is 0 Å². The van der Waals surface area contributed by atoms with Crippen LogP contribution in [0.15, 0.2) is 39.8 Å². The van der Waals surface area contributed by atoms with Crippen molar-refractivity contribution in [2.45, 2.75) is 45.8 Å². The van der Waals surface area contributed by atoms with Crippen LogP contribution in [0.4, 0.5) is 0 Å². The van der Waals surface area contributed by atoms with Crippen molar-refractivity contribution in [3.8, 4) is 0 Å². The normalized spacial score (nSPS) is 15.4. The summed E-state index contributed by atoms with van der Waals surface area (Å²) in [5.41, 5.74) is 3.60. The smallest absolute Gasteiger partial charge is 0.191 e. The van der Waals surface area contributed by atoms with E-state index in [1.165, 1.54) is 37.1 Å². The molecule has 6 heteroatoms. The van der Waals surface area contributed by atoms with Gasteiger partial charge >= 0.3 is 0 Å². The maximum Gasteiger partial charge on any atom is 0.191 e. The second-order valence-electron chi connectivity index (χ2n) is 6.72. The van der Waals surface area contributed by atoms with Gasteiger partial charge in [-0.05, 0) is 43.5 Å². The molecule has 140 valence electrons. The van der Waals surface area contributed by atoms with E-state index in [4.69, 9.17) is 4.52 Å². The third-order valence-electron chi connectivity index (χ3n) is 4.71. The van der Waals surface area contributed by atoms with Crippen molar-refractivity contribution >= 4 is 5.96 Å². The van der Waals surface area contributed by atoms with Crippen LogP contribution >= 0.6 is 0 Å². The highest BCUT2D eigenvalue weighted by atomic mass is 16.5. The fourth-order valence-electron chi connectivity index (χ4n) is 3.14. The van der Waals surface area contributed by atoms with E-state index in [9.17, 15) is 0 Å². The largest absolute Gasteiger partial charge is 0.359 e. The molecule has 1 aliphatic rings. The molecule has 26 heavy (non-hydrogen) atoms. The van der Waals surface area contributed by atoms with E-state index in [0.717, 1.165) is 36.9 Å². The zero-order valence-electron chi connectivity index (χ0n) is 15.8. The van der Waals surface area contributed by atoms with E-state index in [-0.39, 0.29) is 0 Å². The molecule has 3 rings (SSSR count). The monoisotopic (exact) mass is 355 g/mol. The lowest BCUT2D eigenvalue weighted by atomic mass is 10.1. The van der Waals surface area contributed by atoms with E-state index >= 15 is 0 Å². The summed E-state index contributed by atoms with van der Waals surface area (Å²) in [5, 5.41) is 10.6. The Balaban J connectivity index is 1.44. The summed E-state index contributed by atoms with van der Waals surface area (Å²) in [4.78, 5) is 6.78. The van der Waals surface area contributed by atoms with Gasteiger partial charge in [0.15, 0.2) is 11.7 Å². The fraction of sp³-hybridized carbons (Fsp3) is 0.500. The number of nitrogens with zero attached hydrogens (tertiary/aromatic N) is 3. The SMILES string of the molecule is CCc1cc(CNC(=NC)NCc2ccc(CN3CCCC3)cc2)on1. The maximum atomic E-state index is 5.28. The van der Waals surface area contributed by atoms with Crippen molar-refractivity contribution in [3.63, 3.8) is 0 Å². The number of guanidine groups is 1. The molecule has 0 saturated carbocycles. The Hall–Kier alpha value is -2.34. The summed E-state index contributed by atoms with van der Waals surface area (Å²) in [6.07, 6.45) is 3.55. The molecule has 2 aromatic rings. The van der Waals surface area contributed by atoms with Gasteiger partial charge in [0.1, 0.15) is 0 Å². The predicted molar refractivity (Wildman–Crippen MR) is 104 cm³/mol. The number of aliphatic imine (C=N–C) groups is 1. The molecule has 6 nitrogen and oxygen atoms in total. The van der Waals surface area contributed by atoms with Gasteiger partial charge in [0.2, 0.25) is 0 Å². The van der Waals surface area contributed by atoms with Crippen LogP contribution in [0.25, 0.3) is 0 Å². The van der Waals surface area contributed by atoms with Crippen molar-refractivity contribution < 1.29 is 4.52 Å². The molecule has 0 unspecified atom stereocenters. The van der Waals surface area contributed by atoms with Crippen LogP contribution in [0.3, 0.4) is 0 Å². The highest BCUT2D eigenvalue weighted by Gasteiger charge is 2.11. The lowest BCUT2D eigenvalue weighted by Crippen LogP contribution is -2.36. The molecule has 1 aromatic carbocycles. The Morgan fingerprint density at radius 2 is 1.81 bits per heavy atom. The molecule has 2 heterocycles. The number of benzene rings is 1. The van der Waals surface area contributed by atoms with Crippen LogP contribution in [0.2, 0.25) is 0 Å². The standard InChI is InChI=1S/C20H29N5O/c1-3-18-12-19(26-24-18)14-23-20(21-2)22-13-16-6-8-17(9-7-16)15-25-10-4-5-11-25/h6-9,12H,3-5,10-11,13-15H2,1-2H3,(H2,21,22,23). The molecule has 0 radical (unpaired) electrons. The van der Waals surface area contributed by atoms with Gasteiger partial charge in [-0.3, -0.25) is 9.89 Å². The van der Waals surface area contributed by atoms with E-state index in [0.29, 0.717) is 6.54 Å². The lowest BCUT2D eigenvalue weighted by Gasteiger charge is -2.15. The maximum absolute atomic E-state index is 5.28. The molecular formula is C20H29N5O.